The van der Waals surface area contributed by atoms with Crippen LogP contribution in [-0.2, 0) is 19.5 Å². The van der Waals surface area contributed by atoms with E-state index in [1.54, 1.807) is 12.1 Å². The lowest BCUT2D eigenvalue weighted by molar-refractivity contribution is 0.0927. The van der Waals surface area contributed by atoms with Crippen molar-refractivity contribution >= 4 is 11.6 Å². The van der Waals surface area contributed by atoms with Gasteiger partial charge in [-0.3, -0.25) is 9.59 Å². The number of H-pyrrole nitrogens is 1. The van der Waals surface area contributed by atoms with Crippen molar-refractivity contribution in [3.8, 4) is 0 Å². The van der Waals surface area contributed by atoms with E-state index in [2.05, 4.69) is 26.1 Å². The Bertz CT molecular complexity index is 953. The Labute approximate surface area is 168 Å². The van der Waals surface area contributed by atoms with Gasteiger partial charge in [0.1, 0.15) is 6.67 Å². The summed E-state index contributed by atoms with van der Waals surface area (Å²) in [6, 6.07) is 5.33. The van der Waals surface area contributed by atoms with Crippen molar-refractivity contribution in [1.29, 1.82) is 0 Å². The molecule has 3 heterocycles. The molecule has 0 unspecified atom stereocenters. The minimum Gasteiger partial charge on any atom is -0.383 e. The third-order valence-electron chi connectivity index (χ3n) is 5.67. The number of fused-ring (bicyclic) bond motifs is 1. The molecule has 8 heteroatoms. The molecule has 4 rings (SSSR count). The van der Waals surface area contributed by atoms with Crippen molar-refractivity contribution in [3.05, 3.63) is 56.5 Å². The third-order valence-corrected chi connectivity index (χ3v) is 5.67. The van der Waals surface area contributed by atoms with Crippen LogP contribution in [0.4, 0.5) is 10.1 Å². The molecule has 0 aliphatic carbocycles. The normalized spacial score (nSPS) is 16.7. The smallest absolute Gasteiger partial charge is 0.269 e. The summed E-state index contributed by atoms with van der Waals surface area (Å²) in [6.45, 7) is 1.85. The van der Waals surface area contributed by atoms with Crippen LogP contribution in [0.25, 0.3) is 0 Å². The zero-order valence-corrected chi connectivity index (χ0v) is 16.3. The minimum atomic E-state index is -0.691. The molecular weight excluding hydrogens is 373 g/mol. The summed E-state index contributed by atoms with van der Waals surface area (Å²) in [7, 11) is 0. The largest absolute Gasteiger partial charge is 0.383 e. The first-order valence-electron chi connectivity index (χ1n) is 10.2. The van der Waals surface area contributed by atoms with Crippen LogP contribution in [-0.4, -0.2) is 41.8 Å². The van der Waals surface area contributed by atoms with Crippen molar-refractivity contribution in [2.24, 2.45) is 0 Å². The van der Waals surface area contributed by atoms with Crippen LogP contribution in [0.3, 0.4) is 0 Å². The van der Waals surface area contributed by atoms with Crippen LogP contribution in [0, 0.1) is 0 Å². The van der Waals surface area contributed by atoms with Gasteiger partial charge in [-0.25, -0.2) is 9.49 Å². The fraction of sp³-hybridized carbons (Fsp3) is 0.476. The first-order valence-corrected chi connectivity index (χ1v) is 10.2. The van der Waals surface area contributed by atoms with Crippen LogP contribution in [0.1, 0.15) is 52.0 Å². The summed E-state index contributed by atoms with van der Waals surface area (Å²) in [4.78, 5) is 24.8. The molecule has 2 aliphatic rings. The van der Waals surface area contributed by atoms with E-state index in [0.717, 1.165) is 67.8 Å². The van der Waals surface area contributed by atoms with E-state index in [9.17, 15) is 14.0 Å². The van der Waals surface area contributed by atoms with Gasteiger partial charge in [-0.2, -0.15) is 5.10 Å². The molecular formula is C21H26FN5O2. The van der Waals surface area contributed by atoms with Gasteiger partial charge in [0.2, 0.25) is 0 Å². The van der Waals surface area contributed by atoms with Gasteiger partial charge in [0.25, 0.3) is 11.5 Å². The number of anilines is 1. The van der Waals surface area contributed by atoms with Gasteiger partial charge < -0.3 is 16.0 Å². The number of benzene rings is 1. The zero-order valence-electron chi connectivity index (χ0n) is 16.3. The summed E-state index contributed by atoms with van der Waals surface area (Å²) < 4.78 is 13.5. The SMILES string of the molecule is O=C(NC1CCNCC1)c1cc(Cc2n[nH]c(=O)c3c2NCCC3)ccc1CF. The highest BCUT2D eigenvalue weighted by molar-refractivity contribution is 5.96. The van der Waals surface area contributed by atoms with E-state index in [-0.39, 0.29) is 17.5 Å². The highest BCUT2D eigenvalue weighted by Crippen LogP contribution is 2.24. The number of nitrogens with zero attached hydrogens (tertiary/aromatic N) is 1. The lowest BCUT2D eigenvalue weighted by atomic mass is 9.97. The fourth-order valence-electron chi connectivity index (χ4n) is 4.07. The lowest BCUT2D eigenvalue weighted by Crippen LogP contribution is -2.42. The van der Waals surface area contributed by atoms with Crippen molar-refractivity contribution in [3.63, 3.8) is 0 Å². The maximum absolute atomic E-state index is 13.5. The molecule has 1 fully saturated rings. The predicted octanol–water partition coefficient (Wildman–Crippen LogP) is 1.67. The van der Waals surface area contributed by atoms with E-state index in [0.29, 0.717) is 17.5 Å². The van der Waals surface area contributed by atoms with E-state index in [1.165, 1.54) is 0 Å². The van der Waals surface area contributed by atoms with E-state index < -0.39 is 6.67 Å². The lowest BCUT2D eigenvalue weighted by Gasteiger charge is -2.24. The van der Waals surface area contributed by atoms with Crippen LogP contribution < -0.4 is 21.5 Å². The number of carbonyl (C=O) groups excluding carboxylic acids is 1. The van der Waals surface area contributed by atoms with Gasteiger partial charge in [-0.1, -0.05) is 12.1 Å². The van der Waals surface area contributed by atoms with Gasteiger partial charge in [-0.05, 0) is 56.0 Å². The molecule has 2 aliphatic heterocycles. The van der Waals surface area contributed by atoms with Crippen LogP contribution in [0.5, 0.6) is 0 Å². The van der Waals surface area contributed by atoms with E-state index in [1.807, 2.05) is 6.07 Å². The minimum absolute atomic E-state index is 0.108. The monoisotopic (exact) mass is 399 g/mol. The summed E-state index contributed by atoms with van der Waals surface area (Å²) in [5, 5.41) is 16.4. The summed E-state index contributed by atoms with van der Waals surface area (Å²) in [5.41, 5.74) is 3.69. The molecule has 1 aromatic heterocycles. The van der Waals surface area contributed by atoms with Gasteiger partial charge in [0, 0.05) is 30.1 Å². The van der Waals surface area contributed by atoms with Gasteiger partial charge in [0.15, 0.2) is 0 Å². The van der Waals surface area contributed by atoms with Gasteiger partial charge in [-0.15, -0.1) is 0 Å². The molecule has 1 aromatic carbocycles. The number of aromatic amines is 1. The fourth-order valence-corrected chi connectivity index (χ4v) is 4.07. The summed E-state index contributed by atoms with van der Waals surface area (Å²) in [5.74, 6) is -0.235. The Kier molecular flexibility index (Phi) is 5.89. The molecule has 2 aromatic rings. The number of carbonyl (C=O) groups is 1. The van der Waals surface area contributed by atoms with Crippen LogP contribution in [0.15, 0.2) is 23.0 Å². The topological polar surface area (TPSA) is 98.9 Å². The number of aromatic nitrogens is 2. The number of nitrogens with one attached hydrogen (secondary N) is 4. The van der Waals surface area contributed by atoms with E-state index >= 15 is 0 Å². The number of rotatable bonds is 5. The number of hydrogen-bond acceptors (Lipinski definition) is 5. The first-order chi connectivity index (χ1) is 14.2. The van der Waals surface area contributed by atoms with Crippen LogP contribution >= 0.6 is 0 Å². The highest BCUT2D eigenvalue weighted by Gasteiger charge is 2.21. The molecule has 0 radical (unpaired) electrons. The Morgan fingerprint density at radius 2 is 2.07 bits per heavy atom. The Hall–Kier alpha value is -2.74. The van der Waals surface area contributed by atoms with Crippen molar-refractivity contribution in [2.45, 2.75) is 44.8 Å². The average Bonchev–Trinajstić information content (AvgIpc) is 2.76. The van der Waals surface area contributed by atoms with Crippen molar-refractivity contribution in [1.82, 2.24) is 20.8 Å². The molecule has 1 saturated heterocycles. The quantitative estimate of drug-likeness (QED) is 0.613. The molecule has 7 nitrogen and oxygen atoms in total. The Morgan fingerprint density at radius 3 is 2.86 bits per heavy atom. The standard InChI is InChI=1S/C21H26FN5O2/c22-12-14-4-3-13(10-17(14)20(28)25-15-5-8-23-9-6-15)11-18-19-16(2-1-7-24-19)21(29)27-26-18/h3-4,10,15,23-24H,1-2,5-9,11-12H2,(H,25,28)(H,27,29). The predicted molar refractivity (Wildman–Crippen MR) is 109 cm³/mol. The average molecular weight is 399 g/mol. The van der Waals surface area contributed by atoms with Gasteiger partial charge >= 0.3 is 0 Å². The molecule has 29 heavy (non-hydrogen) atoms. The second-order valence-corrected chi connectivity index (χ2v) is 7.68. The van der Waals surface area contributed by atoms with Gasteiger partial charge in [0.05, 0.1) is 11.4 Å². The van der Waals surface area contributed by atoms with Crippen molar-refractivity contribution in [2.75, 3.05) is 25.0 Å². The zero-order chi connectivity index (χ0) is 20.2. The number of alkyl halides is 1. The Morgan fingerprint density at radius 1 is 1.24 bits per heavy atom. The second-order valence-electron chi connectivity index (χ2n) is 7.68. The summed E-state index contributed by atoms with van der Waals surface area (Å²) in [6.07, 6.45) is 3.82. The molecule has 4 N–H and O–H groups in total. The first kappa shape index (κ1) is 19.6. The molecule has 0 bridgehead atoms. The maximum Gasteiger partial charge on any atom is 0.269 e. The number of piperidine rings is 1. The maximum atomic E-state index is 13.5. The molecule has 0 saturated carbocycles. The number of amides is 1. The number of halogens is 1. The van der Waals surface area contributed by atoms with Crippen molar-refractivity contribution < 1.29 is 9.18 Å². The third kappa shape index (κ3) is 4.32. The number of hydrogen-bond donors (Lipinski definition) is 4. The second kappa shape index (κ2) is 8.73. The van der Waals surface area contributed by atoms with E-state index in [4.69, 9.17) is 0 Å². The highest BCUT2D eigenvalue weighted by atomic mass is 19.1. The molecule has 0 spiro atoms. The Balaban J connectivity index is 1.58. The summed E-state index contributed by atoms with van der Waals surface area (Å²) >= 11 is 0. The molecule has 0 atom stereocenters. The molecule has 154 valence electrons. The van der Waals surface area contributed by atoms with Crippen LogP contribution in [0.2, 0.25) is 0 Å². The molecule has 1 amide bonds.